The number of rotatable bonds is 5. The molecule has 3 saturated heterocycles. The molecule has 0 saturated carbocycles. The second-order valence-electron chi connectivity index (χ2n) is 9.84. The predicted molar refractivity (Wildman–Crippen MR) is 125 cm³/mol. The molecular weight excluding hydrogens is 473 g/mol. The van der Waals surface area contributed by atoms with Crippen molar-refractivity contribution < 1.29 is 27.4 Å². The van der Waals surface area contributed by atoms with Gasteiger partial charge in [-0.05, 0) is 55.7 Å². The van der Waals surface area contributed by atoms with Gasteiger partial charge in [-0.2, -0.15) is 5.10 Å². The topological polar surface area (TPSA) is 59.3 Å². The van der Waals surface area contributed by atoms with E-state index in [2.05, 4.69) is 10.00 Å². The van der Waals surface area contributed by atoms with Crippen LogP contribution >= 0.6 is 0 Å². The number of carbonyl (C=O) groups excluding carboxylic acids is 1. The molecule has 0 N–H and O–H groups in total. The van der Waals surface area contributed by atoms with Crippen LogP contribution in [-0.4, -0.2) is 58.1 Å². The SMILES string of the molecule is CC(F)COc1ccc(N2CCC3(CC2)O[C@@H]2CC[C@@H](c4cc(F)cc(F)c4)N2C3=O)n2nccc12. The lowest BCUT2D eigenvalue weighted by atomic mass is 9.89. The van der Waals surface area contributed by atoms with Gasteiger partial charge in [0.2, 0.25) is 0 Å². The number of anilines is 1. The number of alkyl halides is 1. The van der Waals surface area contributed by atoms with Gasteiger partial charge in [0.15, 0.2) is 5.60 Å². The third-order valence-electron chi connectivity index (χ3n) is 7.45. The Kier molecular flexibility index (Phi) is 5.59. The molecule has 1 aromatic carbocycles. The molecule has 3 aliphatic heterocycles. The third-order valence-corrected chi connectivity index (χ3v) is 7.45. The number of amides is 1. The zero-order valence-electron chi connectivity index (χ0n) is 19.9. The fourth-order valence-electron chi connectivity index (χ4n) is 5.78. The average Bonchev–Trinajstić information content (AvgIpc) is 3.55. The number of pyridine rings is 1. The Morgan fingerprint density at radius 3 is 2.61 bits per heavy atom. The molecule has 1 unspecified atom stereocenters. The number of ether oxygens (including phenoxy) is 2. The van der Waals surface area contributed by atoms with Gasteiger partial charge in [-0.15, -0.1) is 0 Å². The molecule has 3 fully saturated rings. The number of hydrogen-bond donors (Lipinski definition) is 0. The Morgan fingerprint density at radius 1 is 1.14 bits per heavy atom. The van der Waals surface area contributed by atoms with Crippen LogP contribution in [0, 0.1) is 11.6 Å². The fourth-order valence-corrected chi connectivity index (χ4v) is 5.78. The molecule has 2 aromatic heterocycles. The molecule has 0 aliphatic carbocycles. The van der Waals surface area contributed by atoms with Crippen LogP contribution in [0.5, 0.6) is 5.75 Å². The van der Waals surface area contributed by atoms with Crippen LogP contribution < -0.4 is 9.64 Å². The van der Waals surface area contributed by atoms with Crippen molar-refractivity contribution in [1.29, 1.82) is 0 Å². The maximum atomic E-state index is 13.9. The molecule has 3 aliphatic rings. The standard InChI is InChI=1S/C26H27F3N4O3/c1-16(27)15-35-22-3-4-23(33-21(22)6-9-30-33)31-10-7-26(8-11-31)25(34)32-20(2-5-24(32)36-26)17-12-18(28)14-19(29)13-17/h3-4,6,9,12-14,16,20,24H,2,5,7-8,10-11,15H2,1H3/t16?,20-,24+/m0/s1. The van der Waals surface area contributed by atoms with Crippen molar-refractivity contribution >= 4 is 17.2 Å². The van der Waals surface area contributed by atoms with Crippen LogP contribution in [0.1, 0.15) is 44.2 Å². The van der Waals surface area contributed by atoms with Gasteiger partial charge in [-0.3, -0.25) is 4.79 Å². The first kappa shape index (κ1) is 23.1. The summed E-state index contributed by atoms with van der Waals surface area (Å²) >= 11 is 0. The van der Waals surface area contributed by atoms with E-state index in [1.165, 1.54) is 19.1 Å². The lowest BCUT2D eigenvalue weighted by Crippen LogP contribution is -2.50. The molecule has 1 amide bonds. The Labute approximate surface area is 206 Å². The zero-order chi connectivity index (χ0) is 25.0. The first-order valence-electron chi connectivity index (χ1n) is 12.3. The molecule has 7 nitrogen and oxygen atoms in total. The van der Waals surface area contributed by atoms with Gasteiger partial charge in [-0.25, -0.2) is 17.7 Å². The number of aromatic nitrogens is 2. The monoisotopic (exact) mass is 500 g/mol. The summed E-state index contributed by atoms with van der Waals surface area (Å²) in [6, 6.07) is 8.57. The molecule has 3 aromatic rings. The minimum absolute atomic E-state index is 0.0349. The summed E-state index contributed by atoms with van der Waals surface area (Å²) in [5.41, 5.74) is 0.273. The summed E-state index contributed by atoms with van der Waals surface area (Å²) in [7, 11) is 0. The van der Waals surface area contributed by atoms with Crippen molar-refractivity contribution in [2.24, 2.45) is 0 Å². The quantitative estimate of drug-likeness (QED) is 0.520. The highest BCUT2D eigenvalue weighted by molar-refractivity contribution is 5.88. The summed E-state index contributed by atoms with van der Waals surface area (Å²) in [4.78, 5) is 17.5. The number of benzene rings is 1. The van der Waals surface area contributed by atoms with Crippen LogP contribution in [0.15, 0.2) is 42.6 Å². The van der Waals surface area contributed by atoms with E-state index >= 15 is 0 Å². The van der Waals surface area contributed by atoms with Crippen molar-refractivity contribution in [3.63, 3.8) is 0 Å². The van der Waals surface area contributed by atoms with Crippen molar-refractivity contribution in [1.82, 2.24) is 14.5 Å². The van der Waals surface area contributed by atoms with Gasteiger partial charge in [0.25, 0.3) is 5.91 Å². The highest BCUT2D eigenvalue weighted by atomic mass is 19.1. The Bertz CT molecular complexity index is 1280. The van der Waals surface area contributed by atoms with Gasteiger partial charge in [0.05, 0.1) is 12.2 Å². The Hall–Kier alpha value is -3.27. The molecule has 190 valence electrons. The maximum Gasteiger partial charge on any atom is 0.257 e. The van der Waals surface area contributed by atoms with Crippen LogP contribution in [0.3, 0.4) is 0 Å². The second kappa shape index (κ2) is 8.69. The average molecular weight is 501 g/mol. The predicted octanol–water partition coefficient (Wildman–Crippen LogP) is 4.41. The summed E-state index contributed by atoms with van der Waals surface area (Å²) in [5.74, 6) is 0.00961. The van der Waals surface area contributed by atoms with Crippen molar-refractivity contribution in [3.8, 4) is 5.75 Å². The maximum absolute atomic E-state index is 13.9. The number of carbonyl (C=O) groups is 1. The minimum atomic E-state index is -1.08. The van der Waals surface area contributed by atoms with Gasteiger partial charge in [0, 0.05) is 32.0 Å². The molecule has 5 heterocycles. The van der Waals surface area contributed by atoms with Gasteiger partial charge < -0.3 is 19.3 Å². The Morgan fingerprint density at radius 2 is 1.89 bits per heavy atom. The lowest BCUT2D eigenvalue weighted by molar-refractivity contribution is -0.140. The largest absolute Gasteiger partial charge is 0.488 e. The van der Waals surface area contributed by atoms with Crippen molar-refractivity contribution in [3.05, 3.63) is 59.8 Å². The van der Waals surface area contributed by atoms with E-state index in [1.807, 2.05) is 18.2 Å². The number of hydrogen-bond acceptors (Lipinski definition) is 5. The second-order valence-corrected chi connectivity index (χ2v) is 9.84. The summed E-state index contributed by atoms with van der Waals surface area (Å²) < 4.78 is 54.7. The first-order chi connectivity index (χ1) is 17.3. The lowest BCUT2D eigenvalue weighted by Gasteiger charge is -2.38. The van der Waals surface area contributed by atoms with Gasteiger partial charge >= 0.3 is 0 Å². The van der Waals surface area contributed by atoms with E-state index in [0.717, 1.165) is 17.4 Å². The van der Waals surface area contributed by atoms with Crippen molar-refractivity contribution in [2.45, 2.75) is 56.6 Å². The summed E-state index contributed by atoms with van der Waals surface area (Å²) in [6.07, 6.45) is 2.43. The van der Waals surface area contributed by atoms with Crippen LogP contribution in [0.4, 0.5) is 19.0 Å². The van der Waals surface area contributed by atoms with E-state index in [-0.39, 0.29) is 18.7 Å². The zero-order valence-corrected chi connectivity index (χ0v) is 19.9. The molecule has 6 rings (SSSR count). The first-order valence-corrected chi connectivity index (χ1v) is 12.3. The molecule has 3 atom stereocenters. The minimum Gasteiger partial charge on any atom is -0.488 e. The van der Waals surface area contributed by atoms with Gasteiger partial charge in [-0.1, -0.05) is 0 Å². The Balaban J connectivity index is 1.19. The normalized spacial score (nSPS) is 24.1. The number of piperidine rings is 1. The fraction of sp³-hybridized carbons (Fsp3) is 0.462. The van der Waals surface area contributed by atoms with Crippen LogP contribution in [0.2, 0.25) is 0 Å². The van der Waals surface area contributed by atoms with E-state index in [4.69, 9.17) is 9.47 Å². The molecule has 0 bridgehead atoms. The third kappa shape index (κ3) is 3.78. The molecule has 1 spiro atoms. The van der Waals surface area contributed by atoms with Crippen molar-refractivity contribution in [2.75, 3.05) is 24.6 Å². The van der Waals surface area contributed by atoms with E-state index in [1.54, 1.807) is 15.6 Å². The van der Waals surface area contributed by atoms with Crippen LogP contribution in [0.25, 0.3) is 5.52 Å². The highest BCUT2D eigenvalue weighted by Crippen LogP contribution is 2.48. The van der Waals surface area contributed by atoms with E-state index in [0.29, 0.717) is 50.1 Å². The molecular formula is C26H27F3N4O3. The highest BCUT2D eigenvalue weighted by Gasteiger charge is 2.58. The van der Waals surface area contributed by atoms with E-state index < -0.39 is 29.4 Å². The van der Waals surface area contributed by atoms with E-state index in [9.17, 15) is 18.0 Å². The number of halogens is 3. The summed E-state index contributed by atoms with van der Waals surface area (Å²) in [5, 5.41) is 4.42. The smallest absolute Gasteiger partial charge is 0.257 e. The molecule has 10 heteroatoms. The number of fused-ring (bicyclic) bond motifs is 2. The van der Waals surface area contributed by atoms with Gasteiger partial charge in [0.1, 0.15) is 47.7 Å². The summed E-state index contributed by atoms with van der Waals surface area (Å²) in [6.45, 7) is 2.55. The molecule has 36 heavy (non-hydrogen) atoms. The van der Waals surface area contributed by atoms with Crippen LogP contribution in [-0.2, 0) is 9.53 Å². The number of nitrogens with zero attached hydrogens (tertiary/aromatic N) is 4. The molecule has 0 radical (unpaired) electrons.